The third-order valence-electron chi connectivity index (χ3n) is 3.08. The molecular weight excluding hydrogens is 280 g/mol. The number of carbonyl (C=O) groups excluding carboxylic acids is 1. The second-order valence-electron chi connectivity index (χ2n) is 4.79. The molecule has 2 N–H and O–H groups in total. The first-order valence-electron chi connectivity index (χ1n) is 6.91. The molecule has 0 saturated heterocycles. The second-order valence-corrected chi connectivity index (χ2v) is 4.79. The van der Waals surface area contributed by atoms with Gasteiger partial charge in [-0.15, -0.1) is 0 Å². The van der Waals surface area contributed by atoms with Crippen molar-refractivity contribution in [3.63, 3.8) is 0 Å². The van der Waals surface area contributed by atoms with Crippen LogP contribution in [0.15, 0.2) is 12.1 Å². The van der Waals surface area contributed by atoms with E-state index in [2.05, 4.69) is 4.74 Å². The Morgan fingerprint density at radius 2 is 1.95 bits per heavy atom. The number of methoxy groups -OCH3 is 1. The van der Waals surface area contributed by atoms with Gasteiger partial charge in [-0.2, -0.15) is 0 Å². The summed E-state index contributed by atoms with van der Waals surface area (Å²) in [6, 6.07) is 2.33. The van der Waals surface area contributed by atoms with Crippen molar-refractivity contribution >= 4 is 5.97 Å². The molecule has 4 nitrogen and oxygen atoms in total. The monoisotopic (exact) mass is 301 g/mol. The SMILES string of the molecule is CCC(N)Cc1cc(F)c(OCCCC(=O)OC)c(F)c1. The number of hydrogen-bond acceptors (Lipinski definition) is 4. The van der Waals surface area contributed by atoms with Crippen LogP contribution in [0, 0.1) is 11.6 Å². The van der Waals surface area contributed by atoms with Crippen LogP contribution < -0.4 is 10.5 Å². The molecule has 118 valence electrons. The standard InChI is InChI=1S/C15H21F2NO3/c1-3-11(18)7-10-8-12(16)15(13(17)9-10)21-6-4-5-14(19)20-2/h8-9,11H,3-7,18H2,1-2H3. The van der Waals surface area contributed by atoms with Crippen LogP contribution >= 0.6 is 0 Å². The highest BCUT2D eigenvalue weighted by molar-refractivity contribution is 5.69. The fourth-order valence-electron chi connectivity index (χ4n) is 1.81. The van der Waals surface area contributed by atoms with Gasteiger partial charge in [0.05, 0.1) is 13.7 Å². The summed E-state index contributed by atoms with van der Waals surface area (Å²) in [5.74, 6) is -2.32. The molecule has 6 heteroatoms. The van der Waals surface area contributed by atoms with E-state index < -0.39 is 17.4 Å². The number of nitrogens with two attached hydrogens (primary N) is 1. The van der Waals surface area contributed by atoms with Crippen molar-refractivity contribution in [3.8, 4) is 5.75 Å². The lowest BCUT2D eigenvalue weighted by Crippen LogP contribution is -2.21. The molecule has 21 heavy (non-hydrogen) atoms. The topological polar surface area (TPSA) is 61.5 Å². The molecule has 1 aromatic carbocycles. The first-order chi connectivity index (χ1) is 9.97. The summed E-state index contributed by atoms with van der Waals surface area (Å²) in [6.07, 6.45) is 1.61. The van der Waals surface area contributed by atoms with E-state index in [1.54, 1.807) is 0 Å². The van der Waals surface area contributed by atoms with Crippen molar-refractivity contribution in [1.29, 1.82) is 0 Å². The van der Waals surface area contributed by atoms with Crippen LogP contribution in [0.2, 0.25) is 0 Å². The molecule has 0 aliphatic carbocycles. The minimum absolute atomic E-state index is 0.0385. The second kappa shape index (κ2) is 8.56. The first-order valence-corrected chi connectivity index (χ1v) is 6.91. The lowest BCUT2D eigenvalue weighted by atomic mass is 10.0. The first kappa shape index (κ1) is 17.4. The van der Waals surface area contributed by atoms with E-state index in [-0.39, 0.29) is 25.0 Å². The Labute approximate surface area is 123 Å². The average molecular weight is 301 g/mol. The van der Waals surface area contributed by atoms with E-state index in [9.17, 15) is 13.6 Å². The largest absolute Gasteiger partial charge is 0.488 e. The van der Waals surface area contributed by atoms with Crippen LogP contribution in [0.5, 0.6) is 5.75 Å². The predicted octanol–water partition coefficient (Wildman–Crippen LogP) is 2.58. The van der Waals surface area contributed by atoms with E-state index in [1.165, 1.54) is 19.2 Å². The maximum absolute atomic E-state index is 13.8. The van der Waals surface area contributed by atoms with Crippen molar-refractivity contribution < 1.29 is 23.0 Å². The zero-order valence-electron chi connectivity index (χ0n) is 12.3. The zero-order chi connectivity index (χ0) is 15.8. The van der Waals surface area contributed by atoms with Gasteiger partial charge in [-0.25, -0.2) is 8.78 Å². The number of carbonyl (C=O) groups is 1. The summed E-state index contributed by atoms with van der Waals surface area (Å²) < 4.78 is 37.2. The predicted molar refractivity (Wildman–Crippen MR) is 75.1 cm³/mol. The molecule has 0 aliphatic heterocycles. The number of ether oxygens (including phenoxy) is 2. The average Bonchev–Trinajstić information content (AvgIpc) is 2.45. The van der Waals surface area contributed by atoms with Crippen LogP contribution in [0.25, 0.3) is 0 Å². The van der Waals surface area contributed by atoms with Gasteiger partial charge in [0, 0.05) is 12.5 Å². The molecule has 0 radical (unpaired) electrons. The number of esters is 1. The summed E-state index contributed by atoms with van der Waals surface area (Å²) in [7, 11) is 1.28. The molecule has 1 unspecified atom stereocenters. The Morgan fingerprint density at radius 1 is 1.33 bits per heavy atom. The molecule has 1 atom stereocenters. The minimum Gasteiger partial charge on any atom is -0.488 e. The maximum Gasteiger partial charge on any atom is 0.305 e. The third kappa shape index (κ3) is 5.67. The summed E-state index contributed by atoms with van der Waals surface area (Å²) >= 11 is 0. The highest BCUT2D eigenvalue weighted by atomic mass is 19.1. The van der Waals surface area contributed by atoms with Crippen molar-refractivity contribution in [2.75, 3.05) is 13.7 Å². The Kier molecular flexibility index (Phi) is 7.08. The number of hydrogen-bond donors (Lipinski definition) is 1. The van der Waals surface area contributed by atoms with E-state index >= 15 is 0 Å². The van der Waals surface area contributed by atoms with Crippen LogP contribution in [0.3, 0.4) is 0 Å². The van der Waals surface area contributed by atoms with Gasteiger partial charge < -0.3 is 15.2 Å². The van der Waals surface area contributed by atoms with E-state index in [0.717, 1.165) is 6.42 Å². The summed E-state index contributed by atoms with van der Waals surface area (Å²) in [5.41, 5.74) is 6.26. The summed E-state index contributed by atoms with van der Waals surface area (Å²) in [5, 5.41) is 0. The van der Waals surface area contributed by atoms with Crippen LogP contribution in [0.4, 0.5) is 8.78 Å². The van der Waals surface area contributed by atoms with Gasteiger partial charge >= 0.3 is 5.97 Å². The normalized spacial score (nSPS) is 12.0. The van der Waals surface area contributed by atoms with Gasteiger partial charge in [0.25, 0.3) is 0 Å². The van der Waals surface area contributed by atoms with Crippen LogP contribution in [-0.4, -0.2) is 25.7 Å². The van der Waals surface area contributed by atoms with Crippen molar-refractivity contribution in [2.45, 2.75) is 38.6 Å². The summed E-state index contributed by atoms with van der Waals surface area (Å²) in [6.45, 7) is 1.95. The van der Waals surface area contributed by atoms with Crippen molar-refractivity contribution in [3.05, 3.63) is 29.3 Å². The molecule has 0 bridgehead atoms. The maximum atomic E-state index is 13.8. The Balaban J connectivity index is 2.61. The van der Waals surface area contributed by atoms with Crippen molar-refractivity contribution in [1.82, 2.24) is 0 Å². The van der Waals surface area contributed by atoms with Gasteiger partial charge in [0.2, 0.25) is 0 Å². The number of rotatable bonds is 8. The zero-order valence-corrected chi connectivity index (χ0v) is 12.3. The van der Waals surface area contributed by atoms with Crippen molar-refractivity contribution in [2.24, 2.45) is 5.73 Å². The highest BCUT2D eigenvalue weighted by Gasteiger charge is 2.14. The van der Waals surface area contributed by atoms with Gasteiger partial charge in [0.15, 0.2) is 17.4 Å². The van der Waals surface area contributed by atoms with Gasteiger partial charge in [-0.1, -0.05) is 6.92 Å². The van der Waals surface area contributed by atoms with E-state index in [1.807, 2.05) is 6.92 Å². The van der Waals surface area contributed by atoms with Gasteiger partial charge in [-0.05, 0) is 37.0 Å². The molecular formula is C15H21F2NO3. The highest BCUT2D eigenvalue weighted by Crippen LogP contribution is 2.24. The lowest BCUT2D eigenvalue weighted by Gasteiger charge is -2.12. The van der Waals surface area contributed by atoms with E-state index in [4.69, 9.17) is 10.5 Å². The number of benzene rings is 1. The fraction of sp³-hybridized carbons (Fsp3) is 0.533. The molecule has 1 aromatic rings. The molecule has 0 spiro atoms. The molecule has 0 fully saturated rings. The fourth-order valence-corrected chi connectivity index (χ4v) is 1.81. The minimum atomic E-state index is -0.758. The van der Waals surface area contributed by atoms with E-state index in [0.29, 0.717) is 18.4 Å². The molecule has 1 rings (SSSR count). The molecule has 0 heterocycles. The number of halogens is 2. The molecule has 0 saturated carbocycles. The Hall–Kier alpha value is -1.69. The third-order valence-corrected chi connectivity index (χ3v) is 3.08. The quantitative estimate of drug-likeness (QED) is 0.592. The molecule has 0 aromatic heterocycles. The molecule has 0 aliphatic rings. The van der Waals surface area contributed by atoms with Crippen LogP contribution in [-0.2, 0) is 16.0 Å². The molecule has 0 amide bonds. The van der Waals surface area contributed by atoms with Gasteiger partial charge in [0.1, 0.15) is 0 Å². The van der Waals surface area contributed by atoms with Gasteiger partial charge in [-0.3, -0.25) is 4.79 Å². The Morgan fingerprint density at radius 3 is 2.48 bits per heavy atom. The lowest BCUT2D eigenvalue weighted by molar-refractivity contribution is -0.140. The summed E-state index contributed by atoms with van der Waals surface area (Å²) in [4.78, 5) is 10.9. The smallest absolute Gasteiger partial charge is 0.305 e. The van der Waals surface area contributed by atoms with Crippen LogP contribution in [0.1, 0.15) is 31.7 Å². The Bertz CT molecular complexity index is 457.